The second-order valence-electron chi connectivity index (χ2n) is 3.42. The Morgan fingerprint density at radius 2 is 2.38 bits per heavy atom. The molecule has 0 saturated carbocycles. The zero-order valence-corrected chi connectivity index (χ0v) is 8.16. The first-order valence-electron chi connectivity index (χ1n) is 4.62. The van der Waals surface area contributed by atoms with Gasteiger partial charge in [-0.05, 0) is 13.3 Å². The molecule has 1 aliphatic heterocycles. The van der Waals surface area contributed by atoms with Gasteiger partial charge in [0.1, 0.15) is 0 Å². The Bertz CT molecular complexity index is 216. The average Bonchev–Trinajstić information content (AvgIpc) is 2.03. The summed E-state index contributed by atoms with van der Waals surface area (Å²) in [6, 6.07) is 0. The van der Waals surface area contributed by atoms with Crippen molar-refractivity contribution in [2.45, 2.75) is 13.3 Å². The molecule has 0 unspecified atom stereocenters. The van der Waals surface area contributed by atoms with E-state index in [0.29, 0.717) is 6.54 Å². The van der Waals surface area contributed by atoms with Crippen molar-refractivity contribution in [3.05, 3.63) is 11.6 Å². The van der Waals surface area contributed by atoms with Gasteiger partial charge in [0.05, 0.1) is 6.54 Å². The molecule has 4 heteroatoms. The molecule has 1 aliphatic rings. The van der Waals surface area contributed by atoms with E-state index in [1.807, 2.05) is 0 Å². The van der Waals surface area contributed by atoms with Crippen molar-refractivity contribution >= 4 is 5.96 Å². The van der Waals surface area contributed by atoms with E-state index in [1.165, 1.54) is 5.57 Å². The van der Waals surface area contributed by atoms with Gasteiger partial charge < -0.3 is 11.5 Å². The van der Waals surface area contributed by atoms with Gasteiger partial charge in [0, 0.05) is 19.6 Å². The van der Waals surface area contributed by atoms with Gasteiger partial charge >= 0.3 is 0 Å². The van der Waals surface area contributed by atoms with Crippen molar-refractivity contribution in [3.8, 4) is 0 Å². The second-order valence-corrected chi connectivity index (χ2v) is 3.42. The predicted octanol–water partition coefficient (Wildman–Crippen LogP) is -0.0882. The first-order chi connectivity index (χ1) is 6.18. The van der Waals surface area contributed by atoms with Gasteiger partial charge in [0.2, 0.25) is 0 Å². The number of aliphatic imine (C=N–C) groups is 1. The van der Waals surface area contributed by atoms with Crippen LogP contribution in [-0.4, -0.2) is 37.0 Å². The monoisotopic (exact) mass is 182 g/mol. The first-order valence-corrected chi connectivity index (χ1v) is 4.62. The summed E-state index contributed by atoms with van der Waals surface area (Å²) in [6.45, 7) is 5.99. The molecule has 13 heavy (non-hydrogen) atoms. The number of rotatable bonds is 3. The zero-order valence-electron chi connectivity index (χ0n) is 8.16. The summed E-state index contributed by atoms with van der Waals surface area (Å²) in [5.41, 5.74) is 11.9. The molecule has 0 fully saturated rings. The van der Waals surface area contributed by atoms with Crippen LogP contribution in [0, 0.1) is 0 Å². The second kappa shape index (κ2) is 4.87. The van der Waals surface area contributed by atoms with Crippen LogP contribution in [0.15, 0.2) is 16.6 Å². The van der Waals surface area contributed by atoms with E-state index < -0.39 is 0 Å². The van der Waals surface area contributed by atoms with E-state index in [2.05, 4.69) is 22.9 Å². The highest BCUT2D eigenvalue weighted by atomic mass is 15.1. The Hall–Kier alpha value is -1.03. The molecule has 0 radical (unpaired) electrons. The van der Waals surface area contributed by atoms with E-state index in [4.69, 9.17) is 11.5 Å². The zero-order chi connectivity index (χ0) is 9.68. The van der Waals surface area contributed by atoms with Gasteiger partial charge in [-0.2, -0.15) is 0 Å². The number of nitrogens with zero attached hydrogens (tertiary/aromatic N) is 2. The minimum absolute atomic E-state index is 0.185. The summed E-state index contributed by atoms with van der Waals surface area (Å²) in [6.07, 6.45) is 3.44. The summed E-state index contributed by atoms with van der Waals surface area (Å²) in [5.74, 6) is 0.185. The molecule has 0 spiro atoms. The molecule has 0 saturated heterocycles. The van der Waals surface area contributed by atoms with Crippen molar-refractivity contribution in [2.75, 3.05) is 26.2 Å². The summed E-state index contributed by atoms with van der Waals surface area (Å²) < 4.78 is 0. The lowest BCUT2D eigenvalue weighted by Gasteiger charge is -2.24. The quantitative estimate of drug-likeness (QED) is 0.364. The average molecular weight is 182 g/mol. The SMILES string of the molecule is CC1=CCCN(CCN=C(N)N)C1. The molecule has 74 valence electrons. The molecule has 4 nitrogen and oxygen atoms in total. The Morgan fingerprint density at radius 3 is 3.00 bits per heavy atom. The maximum atomic E-state index is 5.23. The maximum absolute atomic E-state index is 5.23. The Kier molecular flexibility index (Phi) is 3.76. The van der Waals surface area contributed by atoms with Crippen LogP contribution in [0.4, 0.5) is 0 Å². The molecule has 1 rings (SSSR count). The molecule has 1 heterocycles. The summed E-state index contributed by atoms with van der Waals surface area (Å²) in [4.78, 5) is 6.32. The van der Waals surface area contributed by atoms with Crippen molar-refractivity contribution < 1.29 is 0 Å². The Morgan fingerprint density at radius 1 is 1.62 bits per heavy atom. The third kappa shape index (κ3) is 3.94. The third-order valence-electron chi connectivity index (χ3n) is 2.12. The fraction of sp³-hybridized carbons (Fsp3) is 0.667. The van der Waals surface area contributed by atoms with E-state index in [-0.39, 0.29) is 5.96 Å². The smallest absolute Gasteiger partial charge is 0.185 e. The van der Waals surface area contributed by atoms with Crippen LogP contribution in [0.25, 0.3) is 0 Å². The van der Waals surface area contributed by atoms with Crippen LogP contribution in [0.5, 0.6) is 0 Å². The predicted molar refractivity (Wildman–Crippen MR) is 55.5 cm³/mol. The highest BCUT2D eigenvalue weighted by Gasteiger charge is 2.08. The molecular formula is C9H18N4. The van der Waals surface area contributed by atoms with Crippen LogP contribution >= 0.6 is 0 Å². The van der Waals surface area contributed by atoms with Gasteiger partial charge in [-0.25, -0.2) is 0 Å². The normalized spacial score (nSPS) is 18.1. The lowest BCUT2D eigenvalue weighted by molar-refractivity contribution is 0.299. The summed E-state index contributed by atoms with van der Waals surface area (Å²) in [5, 5.41) is 0. The van der Waals surface area contributed by atoms with E-state index >= 15 is 0 Å². The molecule has 0 aromatic heterocycles. The van der Waals surface area contributed by atoms with Crippen molar-refractivity contribution in [1.82, 2.24) is 4.90 Å². The Balaban J connectivity index is 2.23. The van der Waals surface area contributed by atoms with Gasteiger partial charge in [-0.15, -0.1) is 0 Å². The van der Waals surface area contributed by atoms with Gasteiger partial charge in [-0.3, -0.25) is 9.89 Å². The topological polar surface area (TPSA) is 67.6 Å². The minimum Gasteiger partial charge on any atom is -0.370 e. The highest BCUT2D eigenvalue weighted by molar-refractivity contribution is 5.75. The van der Waals surface area contributed by atoms with Crippen molar-refractivity contribution in [2.24, 2.45) is 16.5 Å². The van der Waals surface area contributed by atoms with Crippen molar-refractivity contribution in [1.29, 1.82) is 0 Å². The third-order valence-corrected chi connectivity index (χ3v) is 2.12. The summed E-state index contributed by atoms with van der Waals surface area (Å²) in [7, 11) is 0. The van der Waals surface area contributed by atoms with Crippen LogP contribution in [-0.2, 0) is 0 Å². The van der Waals surface area contributed by atoms with Crippen LogP contribution in [0.2, 0.25) is 0 Å². The molecule has 0 amide bonds. The number of hydrogen-bond donors (Lipinski definition) is 2. The summed E-state index contributed by atoms with van der Waals surface area (Å²) >= 11 is 0. The lowest BCUT2D eigenvalue weighted by atomic mass is 10.1. The largest absolute Gasteiger partial charge is 0.370 e. The molecule has 0 aromatic rings. The standard InChI is InChI=1S/C9H18N4/c1-8-3-2-5-13(7-8)6-4-12-9(10)11/h3H,2,4-7H2,1H3,(H4,10,11,12). The van der Waals surface area contributed by atoms with Crippen molar-refractivity contribution in [3.63, 3.8) is 0 Å². The molecule has 0 aliphatic carbocycles. The lowest BCUT2D eigenvalue weighted by Crippen LogP contribution is -2.32. The number of guanidine groups is 1. The van der Waals surface area contributed by atoms with Crippen LogP contribution < -0.4 is 11.5 Å². The van der Waals surface area contributed by atoms with E-state index in [1.54, 1.807) is 0 Å². The van der Waals surface area contributed by atoms with E-state index in [0.717, 1.165) is 26.1 Å². The fourth-order valence-electron chi connectivity index (χ4n) is 1.50. The number of nitrogens with two attached hydrogens (primary N) is 2. The molecule has 0 atom stereocenters. The van der Waals surface area contributed by atoms with Crippen LogP contribution in [0.1, 0.15) is 13.3 Å². The minimum atomic E-state index is 0.185. The molecule has 0 aromatic carbocycles. The maximum Gasteiger partial charge on any atom is 0.185 e. The number of hydrogen-bond acceptors (Lipinski definition) is 2. The Labute approximate surface area is 79.3 Å². The molecular weight excluding hydrogens is 164 g/mol. The molecule has 0 bridgehead atoms. The van der Waals surface area contributed by atoms with Gasteiger partial charge in [0.15, 0.2) is 5.96 Å². The highest BCUT2D eigenvalue weighted by Crippen LogP contribution is 2.07. The first kappa shape index (κ1) is 10.1. The molecule has 4 N–H and O–H groups in total. The van der Waals surface area contributed by atoms with E-state index in [9.17, 15) is 0 Å². The van der Waals surface area contributed by atoms with Gasteiger partial charge in [-0.1, -0.05) is 11.6 Å². The van der Waals surface area contributed by atoms with Gasteiger partial charge in [0.25, 0.3) is 0 Å². The fourth-order valence-corrected chi connectivity index (χ4v) is 1.50. The van der Waals surface area contributed by atoms with Crippen LogP contribution in [0.3, 0.4) is 0 Å².